The third-order valence-corrected chi connectivity index (χ3v) is 2.67. The summed E-state index contributed by atoms with van der Waals surface area (Å²) in [6.45, 7) is 5.48. The first kappa shape index (κ1) is 13.3. The maximum absolute atomic E-state index is 5.04. The molecule has 1 rings (SSSR count). The van der Waals surface area contributed by atoms with Crippen molar-refractivity contribution in [3.63, 3.8) is 0 Å². The normalized spacial score (nSPS) is 10.1. The van der Waals surface area contributed by atoms with E-state index in [0.29, 0.717) is 0 Å². The molecule has 0 amide bonds. The molecule has 0 unspecified atom stereocenters. The Balaban J connectivity index is 2.36. The molecule has 0 atom stereocenters. The second kappa shape index (κ2) is 7.47. The van der Waals surface area contributed by atoms with Crippen LogP contribution in [0.5, 0.6) is 0 Å². The Morgan fingerprint density at radius 3 is 2.62 bits per heavy atom. The van der Waals surface area contributed by atoms with Crippen LogP contribution in [0, 0.1) is 0 Å². The van der Waals surface area contributed by atoms with Crippen molar-refractivity contribution in [1.82, 2.24) is 0 Å². The van der Waals surface area contributed by atoms with Crippen LogP contribution in [0.15, 0.2) is 35.3 Å². The fourth-order valence-corrected chi connectivity index (χ4v) is 1.55. The van der Waals surface area contributed by atoms with Gasteiger partial charge < -0.3 is 10.1 Å². The number of halogens is 1. The summed E-state index contributed by atoms with van der Waals surface area (Å²) in [5, 5.41) is 3.34. The van der Waals surface area contributed by atoms with Crippen LogP contribution in [-0.4, -0.2) is 20.3 Å². The van der Waals surface area contributed by atoms with Crippen molar-refractivity contribution in [3.05, 3.63) is 40.9 Å². The van der Waals surface area contributed by atoms with Crippen LogP contribution in [0.25, 0.3) is 0 Å². The molecule has 0 heterocycles. The van der Waals surface area contributed by atoms with Crippen molar-refractivity contribution in [2.24, 2.45) is 0 Å². The molecule has 0 fully saturated rings. The molecule has 3 heteroatoms. The van der Waals surface area contributed by atoms with Crippen molar-refractivity contribution in [2.45, 2.75) is 12.8 Å². The molecule has 0 aliphatic carbocycles. The number of methoxy groups -OCH3 is 1. The average molecular weight is 284 g/mol. The van der Waals surface area contributed by atoms with Crippen molar-refractivity contribution in [1.29, 1.82) is 0 Å². The number of benzene rings is 1. The van der Waals surface area contributed by atoms with Crippen LogP contribution in [0.3, 0.4) is 0 Å². The first-order valence-corrected chi connectivity index (χ1v) is 6.16. The molecule has 0 saturated heterocycles. The molecule has 0 aliphatic rings. The highest BCUT2D eigenvalue weighted by Gasteiger charge is 1.95. The Morgan fingerprint density at radius 2 is 2.06 bits per heavy atom. The van der Waals surface area contributed by atoms with E-state index in [0.717, 1.165) is 36.2 Å². The standard InChI is InChI=1S/C13H18BrNO/c1-11(14)7-9-15-13-5-3-12(4-6-13)8-10-16-2/h3-6,15H,1,7-10H2,2H3. The van der Waals surface area contributed by atoms with Crippen LogP contribution in [0.1, 0.15) is 12.0 Å². The van der Waals surface area contributed by atoms with Gasteiger partial charge in [-0.05, 0) is 35.0 Å². The van der Waals surface area contributed by atoms with Gasteiger partial charge in [-0.15, -0.1) is 0 Å². The third-order valence-electron chi connectivity index (χ3n) is 2.27. The maximum atomic E-state index is 5.04. The van der Waals surface area contributed by atoms with Gasteiger partial charge in [0.15, 0.2) is 0 Å². The molecular weight excluding hydrogens is 266 g/mol. The minimum absolute atomic E-state index is 0.774. The average Bonchev–Trinajstić information content (AvgIpc) is 2.27. The van der Waals surface area contributed by atoms with Gasteiger partial charge in [-0.3, -0.25) is 0 Å². The topological polar surface area (TPSA) is 21.3 Å². The molecule has 0 aromatic heterocycles. The third kappa shape index (κ3) is 5.33. The van der Waals surface area contributed by atoms with Crippen LogP contribution < -0.4 is 5.32 Å². The molecule has 16 heavy (non-hydrogen) atoms. The van der Waals surface area contributed by atoms with Crippen LogP contribution in [0.2, 0.25) is 0 Å². The smallest absolute Gasteiger partial charge is 0.0502 e. The summed E-state index contributed by atoms with van der Waals surface area (Å²) >= 11 is 3.34. The van der Waals surface area contributed by atoms with E-state index in [1.165, 1.54) is 5.56 Å². The number of rotatable bonds is 7. The van der Waals surface area contributed by atoms with Gasteiger partial charge in [0, 0.05) is 19.3 Å². The lowest BCUT2D eigenvalue weighted by atomic mass is 10.1. The van der Waals surface area contributed by atoms with Gasteiger partial charge in [0.25, 0.3) is 0 Å². The Labute approximate surface area is 106 Å². The number of nitrogens with one attached hydrogen (secondary N) is 1. The van der Waals surface area contributed by atoms with E-state index < -0.39 is 0 Å². The van der Waals surface area contributed by atoms with Gasteiger partial charge in [0.1, 0.15) is 0 Å². The predicted octanol–water partition coefficient (Wildman–Crippen LogP) is 3.59. The molecule has 0 spiro atoms. The number of hydrogen-bond donors (Lipinski definition) is 1. The number of hydrogen-bond acceptors (Lipinski definition) is 2. The number of anilines is 1. The first-order chi connectivity index (χ1) is 7.72. The van der Waals surface area contributed by atoms with E-state index in [1.807, 2.05) is 0 Å². The fourth-order valence-electron chi connectivity index (χ4n) is 1.35. The van der Waals surface area contributed by atoms with Gasteiger partial charge in [0.05, 0.1) is 6.61 Å². The highest BCUT2D eigenvalue weighted by atomic mass is 79.9. The molecule has 1 aromatic rings. The van der Waals surface area contributed by atoms with Crippen LogP contribution in [-0.2, 0) is 11.2 Å². The van der Waals surface area contributed by atoms with E-state index in [-0.39, 0.29) is 0 Å². The van der Waals surface area contributed by atoms with Crippen LogP contribution >= 0.6 is 15.9 Å². The Kier molecular flexibility index (Phi) is 6.19. The first-order valence-electron chi connectivity index (χ1n) is 5.37. The predicted molar refractivity (Wildman–Crippen MR) is 73.2 cm³/mol. The summed E-state index contributed by atoms with van der Waals surface area (Å²) in [7, 11) is 1.73. The van der Waals surface area contributed by atoms with Gasteiger partial charge >= 0.3 is 0 Å². The van der Waals surface area contributed by atoms with E-state index in [9.17, 15) is 0 Å². The second-order valence-corrected chi connectivity index (χ2v) is 4.76. The summed E-state index contributed by atoms with van der Waals surface area (Å²) in [5.74, 6) is 0. The molecular formula is C13H18BrNO. The summed E-state index contributed by atoms with van der Waals surface area (Å²) < 4.78 is 6.06. The SMILES string of the molecule is C=C(Br)CCNc1ccc(CCOC)cc1. The summed E-state index contributed by atoms with van der Waals surface area (Å²) in [5.41, 5.74) is 2.45. The fraction of sp³-hybridized carbons (Fsp3) is 0.385. The van der Waals surface area contributed by atoms with E-state index >= 15 is 0 Å². The molecule has 0 aliphatic heterocycles. The Bertz CT molecular complexity index is 321. The summed E-state index contributed by atoms with van der Waals surface area (Å²) in [6.07, 6.45) is 1.90. The zero-order valence-electron chi connectivity index (χ0n) is 9.63. The molecule has 1 aromatic carbocycles. The van der Waals surface area contributed by atoms with Gasteiger partial charge in [0.2, 0.25) is 0 Å². The van der Waals surface area contributed by atoms with Gasteiger partial charge in [-0.2, -0.15) is 0 Å². The van der Waals surface area contributed by atoms with Crippen molar-refractivity contribution >= 4 is 21.6 Å². The lowest BCUT2D eigenvalue weighted by Crippen LogP contribution is -2.01. The lowest BCUT2D eigenvalue weighted by molar-refractivity contribution is 0.202. The van der Waals surface area contributed by atoms with E-state index in [1.54, 1.807) is 7.11 Å². The molecule has 0 saturated carbocycles. The largest absolute Gasteiger partial charge is 0.385 e. The van der Waals surface area contributed by atoms with Crippen molar-refractivity contribution in [3.8, 4) is 0 Å². The van der Waals surface area contributed by atoms with Crippen molar-refractivity contribution < 1.29 is 4.74 Å². The molecule has 2 nitrogen and oxygen atoms in total. The minimum atomic E-state index is 0.774. The van der Waals surface area contributed by atoms with Gasteiger partial charge in [-0.25, -0.2) is 0 Å². The van der Waals surface area contributed by atoms with Crippen molar-refractivity contribution in [2.75, 3.05) is 25.6 Å². The Hall–Kier alpha value is -0.800. The monoisotopic (exact) mass is 283 g/mol. The zero-order chi connectivity index (χ0) is 11.8. The zero-order valence-corrected chi connectivity index (χ0v) is 11.2. The molecule has 0 bridgehead atoms. The van der Waals surface area contributed by atoms with Gasteiger partial charge in [-0.1, -0.05) is 34.6 Å². The highest BCUT2D eigenvalue weighted by molar-refractivity contribution is 9.11. The maximum Gasteiger partial charge on any atom is 0.0502 e. The van der Waals surface area contributed by atoms with Crippen LogP contribution in [0.4, 0.5) is 5.69 Å². The quantitative estimate of drug-likeness (QED) is 0.826. The highest BCUT2D eigenvalue weighted by Crippen LogP contribution is 2.12. The molecule has 0 radical (unpaired) electrons. The summed E-state index contributed by atoms with van der Waals surface area (Å²) in [4.78, 5) is 0. The lowest BCUT2D eigenvalue weighted by Gasteiger charge is -2.07. The minimum Gasteiger partial charge on any atom is -0.385 e. The summed E-state index contributed by atoms with van der Waals surface area (Å²) in [6, 6.07) is 8.46. The number of ether oxygens (including phenoxy) is 1. The Morgan fingerprint density at radius 1 is 1.38 bits per heavy atom. The second-order valence-electron chi connectivity index (χ2n) is 3.63. The van der Waals surface area contributed by atoms with E-state index in [2.05, 4.69) is 52.1 Å². The molecule has 1 N–H and O–H groups in total. The van der Waals surface area contributed by atoms with E-state index in [4.69, 9.17) is 4.74 Å². The molecule has 88 valence electrons.